The summed E-state index contributed by atoms with van der Waals surface area (Å²) in [5, 5.41) is 3.55. The van der Waals surface area contributed by atoms with E-state index in [9.17, 15) is 9.59 Å². The molecule has 0 unspecified atom stereocenters. The molecule has 0 aromatic heterocycles. The second-order valence-corrected chi connectivity index (χ2v) is 6.17. The van der Waals surface area contributed by atoms with Gasteiger partial charge in [0.15, 0.2) is 0 Å². The lowest BCUT2D eigenvalue weighted by Crippen LogP contribution is -2.16. The second-order valence-electron chi connectivity index (χ2n) is 6.17. The van der Waals surface area contributed by atoms with Gasteiger partial charge < -0.3 is 0 Å². The van der Waals surface area contributed by atoms with E-state index in [0.29, 0.717) is 11.1 Å². The molecule has 0 saturated carbocycles. The van der Waals surface area contributed by atoms with Crippen LogP contribution in [0.3, 0.4) is 0 Å². The number of benzene rings is 4. The van der Waals surface area contributed by atoms with Crippen LogP contribution >= 0.6 is 0 Å². The summed E-state index contributed by atoms with van der Waals surface area (Å²) in [7, 11) is 0. The number of carbonyl (C=O) groups is 2. The van der Waals surface area contributed by atoms with Crippen molar-refractivity contribution in [2.24, 2.45) is 0 Å². The van der Waals surface area contributed by atoms with Gasteiger partial charge >= 0.3 is 0 Å². The Morgan fingerprint density at radius 1 is 0.640 bits per heavy atom. The van der Waals surface area contributed by atoms with Crippen LogP contribution in [0.2, 0.25) is 0 Å². The van der Waals surface area contributed by atoms with E-state index >= 15 is 0 Å². The van der Waals surface area contributed by atoms with Gasteiger partial charge in [-0.2, -0.15) is 0 Å². The highest BCUT2D eigenvalue weighted by Crippen LogP contribution is 2.29. The zero-order valence-electron chi connectivity index (χ0n) is 13.8. The number of carbonyl (C=O) groups excluding carboxylic acids is 2. The van der Waals surface area contributed by atoms with E-state index in [1.165, 1.54) is 0 Å². The molecular weight excluding hydrogens is 308 g/mol. The van der Waals surface area contributed by atoms with Crippen molar-refractivity contribution in [2.75, 3.05) is 0 Å². The summed E-state index contributed by atoms with van der Waals surface area (Å²) in [6.07, 6.45) is 0. The molecule has 0 N–H and O–H groups in total. The van der Waals surface area contributed by atoms with Crippen LogP contribution in [0.15, 0.2) is 78.9 Å². The smallest absolute Gasteiger partial charge is 0.234 e. The number of aryl methyl sites for hydroxylation is 1. The van der Waals surface area contributed by atoms with Crippen molar-refractivity contribution in [1.82, 2.24) is 0 Å². The van der Waals surface area contributed by atoms with Crippen LogP contribution in [-0.4, -0.2) is 11.6 Å². The van der Waals surface area contributed by atoms with Gasteiger partial charge in [0.2, 0.25) is 11.6 Å². The molecule has 0 saturated heterocycles. The molecule has 0 aliphatic heterocycles. The Hall–Kier alpha value is -3.26. The Labute approximate surface area is 145 Å². The van der Waals surface area contributed by atoms with Crippen molar-refractivity contribution in [3.05, 3.63) is 95.6 Å². The lowest BCUT2D eigenvalue weighted by molar-refractivity contribution is 0.0818. The van der Waals surface area contributed by atoms with E-state index < -0.39 is 11.6 Å². The number of Topliss-reactive ketones (excluding diaryl/α,β-unsaturated/α-hetero) is 2. The summed E-state index contributed by atoms with van der Waals surface area (Å²) in [6.45, 7) is 1.85. The van der Waals surface area contributed by atoms with Gasteiger partial charge in [-0.05, 0) is 40.1 Å². The second kappa shape index (κ2) is 5.99. The monoisotopic (exact) mass is 324 g/mol. The summed E-state index contributed by atoms with van der Waals surface area (Å²) < 4.78 is 0. The number of fused-ring (bicyclic) bond motifs is 2. The van der Waals surface area contributed by atoms with E-state index in [1.54, 1.807) is 12.1 Å². The van der Waals surface area contributed by atoms with Crippen LogP contribution in [0.25, 0.3) is 21.5 Å². The first-order chi connectivity index (χ1) is 12.2. The molecule has 4 aromatic carbocycles. The Morgan fingerprint density at radius 2 is 1.16 bits per heavy atom. The summed E-state index contributed by atoms with van der Waals surface area (Å²) >= 11 is 0. The molecule has 2 nitrogen and oxygen atoms in total. The minimum absolute atomic E-state index is 0.456. The molecule has 0 amide bonds. The first kappa shape index (κ1) is 15.3. The zero-order chi connectivity index (χ0) is 17.4. The predicted octanol–water partition coefficient (Wildman–Crippen LogP) is 5.37. The average Bonchev–Trinajstić information content (AvgIpc) is 2.65. The summed E-state index contributed by atoms with van der Waals surface area (Å²) in [6, 6.07) is 24.7. The van der Waals surface area contributed by atoms with E-state index in [0.717, 1.165) is 27.1 Å². The van der Waals surface area contributed by atoms with Crippen molar-refractivity contribution in [3.63, 3.8) is 0 Å². The highest BCUT2D eigenvalue weighted by Gasteiger charge is 2.23. The van der Waals surface area contributed by atoms with Gasteiger partial charge in [0, 0.05) is 11.1 Å². The molecule has 0 radical (unpaired) electrons. The Balaban J connectivity index is 2.00. The molecule has 4 aromatic rings. The molecule has 0 atom stereocenters. The minimum atomic E-state index is -0.459. The molecule has 120 valence electrons. The third kappa shape index (κ3) is 2.52. The number of hydrogen-bond acceptors (Lipinski definition) is 2. The van der Waals surface area contributed by atoms with Gasteiger partial charge in [-0.15, -0.1) is 0 Å². The summed E-state index contributed by atoms with van der Waals surface area (Å²) in [5.41, 5.74) is 1.76. The maximum atomic E-state index is 13.2. The third-order valence-corrected chi connectivity index (χ3v) is 4.59. The van der Waals surface area contributed by atoms with Gasteiger partial charge in [0.05, 0.1) is 0 Å². The lowest BCUT2D eigenvalue weighted by Gasteiger charge is -2.11. The van der Waals surface area contributed by atoms with Crippen LogP contribution in [0.4, 0.5) is 0 Å². The fourth-order valence-corrected chi connectivity index (χ4v) is 3.32. The molecule has 0 aliphatic rings. The highest BCUT2D eigenvalue weighted by atomic mass is 16.2. The van der Waals surface area contributed by atoms with Crippen LogP contribution < -0.4 is 0 Å². The molecule has 0 aliphatic carbocycles. The maximum absolute atomic E-state index is 13.2. The Kier molecular flexibility index (Phi) is 3.66. The Morgan fingerprint density at radius 3 is 1.76 bits per heavy atom. The molecule has 25 heavy (non-hydrogen) atoms. The lowest BCUT2D eigenvalue weighted by atomic mass is 9.90. The van der Waals surface area contributed by atoms with Crippen molar-refractivity contribution in [2.45, 2.75) is 6.92 Å². The van der Waals surface area contributed by atoms with E-state index in [2.05, 4.69) is 6.07 Å². The Bertz CT molecular complexity index is 1090. The molecule has 0 heterocycles. The third-order valence-electron chi connectivity index (χ3n) is 4.59. The number of hydrogen-bond donors (Lipinski definition) is 0. The van der Waals surface area contributed by atoms with Gasteiger partial charge in [0.25, 0.3) is 0 Å². The standard InChI is InChI=1S/C23H16O2/c1-15-8-2-5-11-18(15)22(24)23(25)21-19-12-6-3-9-16(19)14-17-10-4-7-13-20(17)21/h2-14H,1H3. The quantitative estimate of drug-likeness (QED) is 0.288. The van der Waals surface area contributed by atoms with Crippen molar-refractivity contribution >= 4 is 33.1 Å². The van der Waals surface area contributed by atoms with Gasteiger partial charge in [-0.1, -0.05) is 72.8 Å². The van der Waals surface area contributed by atoms with Gasteiger partial charge in [-0.25, -0.2) is 0 Å². The van der Waals surface area contributed by atoms with Crippen molar-refractivity contribution in [1.29, 1.82) is 0 Å². The molecule has 0 bridgehead atoms. The molecule has 4 rings (SSSR count). The van der Waals surface area contributed by atoms with Crippen LogP contribution in [0.1, 0.15) is 26.3 Å². The predicted molar refractivity (Wildman–Crippen MR) is 101 cm³/mol. The number of rotatable bonds is 3. The highest BCUT2D eigenvalue weighted by molar-refractivity contribution is 6.53. The molecule has 0 fully saturated rings. The summed E-state index contributed by atoms with van der Waals surface area (Å²) in [4.78, 5) is 26.1. The zero-order valence-corrected chi connectivity index (χ0v) is 13.8. The fourth-order valence-electron chi connectivity index (χ4n) is 3.32. The average molecular weight is 324 g/mol. The van der Waals surface area contributed by atoms with E-state index in [-0.39, 0.29) is 0 Å². The van der Waals surface area contributed by atoms with E-state index in [1.807, 2.05) is 67.6 Å². The van der Waals surface area contributed by atoms with Crippen LogP contribution in [0.5, 0.6) is 0 Å². The molecule has 2 heteroatoms. The SMILES string of the molecule is Cc1ccccc1C(=O)C(=O)c1c2ccccc2cc2ccccc12. The first-order valence-corrected chi connectivity index (χ1v) is 8.22. The number of ketones is 2. The van der Waals surface area contributed by atoms with Gasteiger partial charge in [0.1, 0.15) is 0 Å². The largest absolute Gasteiger partial charge is 0.285 e. The van der Waals surface area contributed by atoms with Crippen LogP contribution in [0, 0.1) is 6.92 Å². The maximum Gasteiger partial charge on any atom is 0.234 e. The van der Waals surface area contributed by atoms with Crippen molar-refractivity contribution < 1.29 is 9.59 Å². The van der Waals surface area contributed by atoms with Crippen molar-refractivity contribution in [3.8, 4) is 0 Å². The topological polar surface area (TPSA) is 34.1 Å². The minimum Gasteiger partial charge on any atom is -0.285 e. The first-order valence-electron chi connectivity index (χ1n) is 8.22. The van der Waals surface area contributed by atoms with Crippen LogP contribution in [-0.2, 0) is 0 Å². The molecular formula is C23H16O2. The van der Waals surface area contributed by atoms with Gasteiger partial charge in [-0.3, -0.25) is 9.59 Å². The fraction of sp³-hybridized carbons (Fsp3) is 0.0435. The van der Waals surface area contributed by atoms with E-state index in [4.69, 9.17) is 0 Å². The summed E-state index contributed by atoms with van der Waals surface area (Å²) in [5.74, 6) is -0.915. The molecule has 0 spiro atoms. The normalized spacial score (nSPS) is 10.9.